The molecular weight excluding hydrogens is 132 g/mol. The molecule has 0 fully saturated rings. The SMILES string of the molecule is COCCc1cc(N)on1. The van der Waals surface area contributed by atoms with Crippen molar-refractivity contribution in [2.45, 2.75) is 6.42 Å². The summed E-state index contributed by atoms with van der Waals surface area (Å²) in [4.78, 5) is 0. The first-order valence-electron chi connectivity index (χ1n) is 3.03. The number of nitrogens with two attached hydrogens (primary N) is 1. The predicted molar refractivity (Wildman–Crippen MR) is 36.5 cm³/mol. The summed E-state index contributed by atoms with van der Waals surface area (Å²) in [5.74, 6) is 0.353. The number of anilines is 1. The zero-order chi connectivity index (χ0) is 7.40. The minimum Gasteiger partial charge on any atom is -0.384 e. The monoisotopic (exact) mass is 142 g/mol. The third kappa shape index (κ3) is 1.73. The summed E-state index contributed by atoms with van der Waals surface area (Å²) in [6.45, 7) is 0.645. The van der Waals surface area contributed by atoms with Gasteiger partial charge in [0.15, 0.2) is 0 Å². The maximum Gasteiger partial charge on any atom is 0.222 e. The van der Waals surface area contributed by atoms with Gasteiger partial charge in [0, 0.05) is 19.6 Å². The van der Waals surface area contributed by atoms with Crippen LogP contribution >= 0.6 is 0 Å². The molecule has 0 radical (unpaired) electrons. The fourth-order valence-electron chi connectivity index (χ4n) is 0.653. The van der Waals surface area contributed by atoms with E-state index < -0.39 is 0 Å². The first-order valence-corrected chi connectivity index (χ1v) is 3.03. The summed E-state index contributed by atoms with van der Waals surface area (Å²) >= 11 is 0. The van der Waals surface area contributed by atoms with Crippen LogP contribution in [-0.2, 0) is 11.2 Å². The molecule has 1 aromatic heterocycles. The van der Waals surface area contributed by atoms with Crippen LogP contribution in [0.2, 0.25) is 0 Å². The van der Waals surface area contributed by atoms with Gasteiger partial charge in [-0.2, -0.15) is 0 Å². The first kappa shape index (κ1) is 7.08. The van der Waals surface area contributed by atoms with Crippen molar-refractivity contribution < 1.29 is 9.26 Å². The lowest BCUT2D eigenvalue weighted by Crippen LogP contribution is -1.93. The van der Waals surface area contributed by atoms with Crippen LogP contribution in [0.5, 0.6) is 0 Å². The molecule has 0 atom stereocenters. The van der Waals surface area contributed by atoms with Gasteiger partial charge in [-0.25, -0.2) is 0 Å². The van der Waals surface area contributed by atoms with Crippen molar-refractivity contribution in [3.8, 4) is 0 Å². The third-order valence-corrected chi connectivity index (χ3v) is 1.14. The van der Waals surface area contributed by atoms with Crippen LogP contribution in [0.4, 0.5) is 5.88 Å². The topological polar surface area (TPSA) is 61.3 Å². The minimum atomic E-state index is 0.353. The Morgan fingerprint density at radius 1 is 1.80 bits per heavy atom. The van der Waals surface area contributed by atoms with Crippen molar-refractivity contribution in [1.82, 2.24) is 5.16 Å². The summed E-state index contributed by atoms with van der Waals surface area (Å²) in [6, 6.07) is 1.69. The lowest BCUT2D eigenvalue weighted by molar-refractivity contribution is 0.200. The predicted octanol–water partition coefficient (Wildman–Crippen LogP) is 0.446. The van der Waals surface area contributed by atoms with Crippen molar-refractivity contribution in [2.24, 2.45) is 0 Å². The summed E-state index contributed by atoms with van der Waals surface area (Å²) in [6.07, 6.45) is 0.747. The highest BCUT2D eigenvalue weighted by Crippen LogP contribution is 2.04. The average Bonchev–Trinajstić information content (AvgIpc) is 2.31. The average molecular weight is 142 g/mol. The molecular formula is C6H10N2O2. The Labute approximate surface area is 58.9 Å². The Hall–Kier alpha value is -1.03. The van der Waals surface area contributed by atoms with E-state index in [9.17, 15) is 0 Å². The van der Waals surface area contributed by atoms with Gasteiger partial charge >= 0.3 is 0 Å². The van der Waals surface area contributed by atoms with E-state index in [1.807, 2.05) is 0 Å². The molecule has 2 N–H and O–H groups in total. The molecule has 0 spiro atoms. The minimum absolute atomic E-state index is 0.353. The van der Waals surface area contributed by atoms with Crippen molar-refractivity contribution in [3.05, 3.63) is 11.8 Å². The standard InChI is InChI=1S/C6H10N2O2/c1-9-3-2-5-4-6(7)10-8-5/h4H,2-3,7H2,1H3. The zero-order valence-electron chi connectivity index (χ0n) is 5.83. The maximum absolute atomic E-state index is 5.28. The molecule has 0 saturated heterocycles. The molecule has 56 valence electrons. The highest BCUT2D eigenvalue weighted by atomic mass is 16.5. The number of nitrogens with zero attached hydrogens (tertiary/aromatic N) is 1. The number of rotatable bonds is 3. The summed E-state index contributed by atoms with van der Waals surface area (Å²) in [5.41, 5.74) is 6.11. The number of aromatic nitrogens is 1. The van der Waals surface area contributed by atoms with Crippen LogP contribution in [0.3, 0.4) is 0 Å². The van der Waals surface area contributed by atoms with Crippen LogP contribution in [-0.4, -0.2) is 18.9 Å². The normalized spacial score (nSPS) is 10.1. The van der Waals surface area contributed by atoms with Crippen molar-refractivity contribution in [1.29, 1.82) is 0 Å². The number of methoxy groups -OCH3 is 1. The van der Waals surface area contributed by atoms with Gasteiger partial charge in [-0.05, 0) is 0 Å². The number of hydrogen-bond donors (Lipinski definition) is 1. The highest BCUT2D eigenvalue weighted by Gasteiger charge is 1.98. The molecule has 0 saturated carbocycles. The smallest absolute Gasteiger partial charge is 0.222 e. The number of nitrogen functional groups attached to an aromatic ring is 1. The fraction of sp³-hybridized carbons (Fsp3) is 0.500. The largest absolute Gasteiger partial charge is 0.384 e. The molecule has 0 aliphatic rings. The van der Waals surface area contributed by atoms with Crippen LogP contribution in [0.25, 0.3) is 0 Å². The van der Waals surface area contributed by atoms with E-state index in [1.165, 1.54) is 0 Å². The van der Waals surface area contributed by atoms with Gasteiger partial charge in [-0.1, -0.05) is 5.16 Å². The summed E-state index contributed by atoms with van der Waals surface area (Å²) in [5, 5.41) is 3.67. The molecule has 1 rings (SSSR count). The molecule has 0 aliphatic heterocycles. The second-order valence-corrected chi connectivity index (χ2v) is 1.96. The van der Waals surface area contributed by atoms with Gasteiger partial charge < -0.3 is 15.0 Å². The molecule has 0 aliphatic carbocycles. The molecule has 4 heteroatoms. The molecule has 0 unspecified atom stereocenters. The van der Waals surface area contributed by atoms with Gasteiger partial charge in [0.05, 0.1) is 12.3 Å². The lowest BCUT2D eigenvalue weighted by Gasteiger charge is -1.90. The van der Waals surface area contributed by atoms with Crippen LogP contribution in [0, 0.1) is 0 Å². The highest BCUT2D eigenvalue weighted by molar-refractivity contribution is 5.24. The van der Waals surface area contributed by atoms with Crippen molar-refractivity contribution in [3.63, 3.8) is 0 Å². The van der Waals surface area contributed by atoms with E-state index in [4.69, 9.17) is 10.5 Å². The summed E-state index contributed by atoms with van der Waals surface area (Å²) < 4.78 is 9.47. The van der Waals surface area contributed by atoms with E-state index in [1.54, 1.807) is 13.2 Å². The zero-order valence-corrected chi connectivity index (χ0v) is 5.83. The quantitative estimate of drug-likeness (QED) is 0.665. The second kappa shape index (κ2) is 3.22. The van der Waals surface area contributed by atoms with E-state index in [0.29, 0.717) is 12.5 Å². The van der Waals surface area contributed by atoms with Gasteiger partial charge in [0.25, 0.3) is 0 Å². The Morgan fingerprint density at radius 3 is 3.10 bits per heavy atom. The van der Waals surface area contributed by atoms with Gasteiger partial charge in [0.2, 0.25) is 5.88 Å². The van der Waals surface area contributed by atoms with Gasteiger partial charge in [0.1, 0.15) is 0 Å². The number of ether oxygens (including phenoxy) is 1. The van der Waals surface area contributed by atoms with E-state index in [2.05, 4.69) is 9.68 Å². The lowest BCUT2D eigenvalue weighted by atomic mass is 10.3. The third-order valence-electron chi connectivity index (χ3n) is 1.14. The second-order valence-electron chi connectivity index (χ2n) is 1.96. The van der Waals surface area contributed by atoms with Gasteiger partial charge in [-0.15, -0.1) is 0 Å². The van der Waals surface area contributed by atoms with Crippen LogP contribution < -0.4 is 5.73 Å². The molecule has 10 heavy (non-hydrogen) atoms. The fourth-order valence-corrected chi connectivity index (χ4v) is 0.653. The molecule has 0 aromatic carbocycles. The van der Waals surface area contributed by atoms with Crippen LogP contribution in [0.15, 0.2) is 10.6 Å². The van der Waals surface area contributed by atoms with Crippen molar-refractivity contribution >= 4 is 5.88 Å². The Kier molecular flexibility index (Phi) is 2.28. The van der Waals surface area contributed by atoms with E-state index >= 15 is 0 Å². The Bertz CT molecular complexity index is 197. The molecule has 0 bridgehead atoms. The molecule has 4 nitrogen and oxygen atoms in total. The molecule has 0 amide bonds. The van der Waals surface area contributed by atoms with Crippen LogP contribution in [0.1, 0.15) is 5.69 Å². The first-order chi connectivity index (χ1) is 4.83. The van der Waals surface area contributed by atoms with Gasteiger partial charge in [-0.3, -0.25) is 0 Å². The number of hydrogen-bond acceptors (Lipinski definition) is 4. The van der Waals surface area contributed by atoms with E-state index in [-0.39, 0.29) is 0 Å². The molecule has 1 heterocycles. The van der Waals surface area contributed by atoms with E-state index in [0.717, 1.165) is 12.1 Å². The Morgan fingerprint density at radius 2 is 2.60 bits per heavy atom. The molecule has 1 aromatic rings. The summed E-state index contributed by atoms with van der Waals surface area (Å²) in [7, 11) is 1.64. The Balaban J connectivity index is 2.42. The maximum atomic E-state index is 5.28. The van der Waals surface area contributed by atoms with Crippen molar-refractivity contribution in [2.75, 3.05) is 19.5 Å².